The molecule has 0 spiro atoms. The number of nitrogens with zero attached hydrogens (tertiary/aromatic N) is 5. The number of sulfonamides is 1. The highest BCUT2D eigenvalue weighted by molar-refractivity contribution is 7.92. The van der Waals surface area contributed by atoms with Crippen LogP contribution in [0.2, 0.25) is 0 Å². The molecule has 2 N–H and O–H groups in total. The number of hydrogen-bond acceptors (Lipinski definition) is 8. The zero-order chi connectivity index (χ0) is 23.0. The quantitative estimate of drug-likeness (QED) is 0.433. The van der Waals surface area contributed by atoms with Gasteiger partial charge in [-0.2, -0.15) is 5.10 Å². The van der Waals surface area contributed by atoms with Gasteiger partial charge in [0.1, 0.15) is 4.90 Å². The van der Waals surface area contributed by atoms with E-state index in [2.05, 4.69) is 25.1 Å². The lowest BCUT2D eigenvalue weighted by Crippen LogP contribution is -2.13. The Labute approximate surface area is 185 Å². The smallest absolute Gasteiger partial charge is 0.265 e. The minimum absolute atomic E-state index is 0.0292. The summed E-state index contributed by atoms with van der Waals surface area (Å²) in [7, 11) is 2.45. The summed E-state index contributed by atoms with van der Waals surface area (Å²) in [5.74, 6) is 1.25. The minimum atomic E-state index is -3.91. The molecular formula is C20H23N7O4S. The first kappa shape index (κ1) is 21.4. The van der Waals surface area contributed by atoms with E-state index < -0.39 is 10.0 Å². The predicted molar refractivity (Wildman–Crippen MR) is 120 cm³/mol. The highest BCUT2D eigenvalue weighted by Gasteiger charge is 2.22. The Bertz CT molecular complexity index is 1410. The van der Waals surface area contributed by atoms with Crippen LogP contribution in [0.15, 0.2) is 41.8 Å². The topological polar surface area (TPSA) is 125 Å². The van der Waals surface area contributed by atoms with Gasteiger partial charge < -0.3 is 14.8 Å². The summed E-state index contributed by atoms with van der Waals surface area (Å²) in [6.45, 7) is 1.88. The molecule has 0 amide bonds. The molecule has 3 aromatic heterocycles. The van der Waals surface area contributed by atoms with Crippen LogP contribution in [-0.2, 0) is 17.1 Å². The predicted octanol–water partition coefficient (Wildman–Crippen LogP) is 2.30. The molecule has 0 saturated heterocycles. The van der Waals surface area contributed by atoms with Crippen LogP contribution < -0.4 is 19.5 Å². The number of methoxy groups -OCH3 is 2. The van der Waals surface area contributed by atoms with E-state index in [4.69, 9.17) is 9.47 Å². The number of ether oxygens (including phenoxy) is 2. The van der Waals surface area contributed by atoms with Gasteiger partial charge in [-0.1, -0.05) is 0 Å². The Morgan fingerprint density at radius 2 is 1.88 bits per heavy atom. The van der Waals surface area contributed by atoms with E-state index in [-0.39, 0.29) is 16.3 Å². The number of nitrogens with one attached hydrogen (secondary N) is 2. The van der Waals surface area contributed by atoms with Gasteiger partial charge in [0.25, 0.3) is 10.0 Å². The maximum atomic E-state index is 12.9. The molecule has 0 bridgehead atoms. The largest absolute Gasteiger partial charge is 0.493 e. The lowest BCUT2D eigenvalue weighted by Gasteiger charge is -2.16. The van der Waals surface area contributed by atoms with Gasteiger partial charge >= 0.3 is 0 Å². The summed E-state index contributed by atoms with van der Waals surface area (Å²) < 4.78 is 42.7. The number of benzene rings is 1. The Balaban J connectivity index is 1.89. The number of hydrogen-bond donors (Lipinski definition) is 2. The lowest BCUT2D eigenvalue weighted by atomic mass is 10.1. The fourth-order valence-electron chi connectivity index (χ4n) is 3.42. The van der Waals surface area contributed by atoms with E-state index in [0.717, 1.165) is 11.4 Å². The highest BCUT2D eigenvalue weighted by Crippen LogP contribution is 2.41. The maximum absolute atomic E-state index is 12.9. The number of anilines is 2. The number of imidazole rings is 1. The second-order valence-corrected chi connectivity index (χ2v) is 8.71. The maximum Gasteiger partial charge on any atom is 0.265 e. The summed E-state index contributed by atoms with van der Waals surface area (Å²) in [5.41, 5.74) is 3.05. The summed E-state index contributed by atoms with van der Waals surface area (Å²) in [6, 6.07) is 3.44. The molecule has 1 aromatic carbocycles. The standard InChI is InChI=1S/C20H23N7O4S/c1-12-10-27-16(9-22-20(27)19(21-2)24-12)13-6-15(18(31-5)17(7-13)30-4)25-32(28,29)14-8-23-26(3)11-14/h6-11,25H,1-5H3,(H,21,24). The molecule has 3 heterocycles. The van der Waals surface area contributed by atoms with Crippen molar-refractivity contribution >= 4 is 27.2 Å². The van der Waals surface area contributed by atoms with Crippen LogP contribution in [0.25, 0.3) is 16.9 Å². The molecule has 4 rings (SSSR count). The van der Waals surface area contributed by atoms with Crippen molar-refractivity contribution in [2.24, 2.45) is 7.05 Å². The Kier molecular flexibility index (Phi) is 5.38. The van der Waals surface area contributed by atoms with Crippen molar-refractivity contribution in [2.75, 3.05) is 31.3 Å². The zero-order valence-electron chi connectivity index (χ0n) is 18.2. The van der Waals surface area contributed by atoms with Crippen LogP contribution >= 0.6 is 0 Å². The molecule has 0 aliphatic carbocycles. The number of aryl methyl sites for hydroxylation is 2. The molecule has 32 heavy (non-hydrogen) atoms. The Morgan fingerprint density at radius 3 is 2.50 bits per heavy atom. The Hall–Kier alpha value is -3.80. The third-order valence-electron chi connectivity index (χ3n) is 4.86. The molecule has 0 atom stereocenters. The van der Waals surface area contributed by atoms with Crippen LogP contribution in [-0.4, -0.2) is 53.8 Å². The second-order valence-electron chi connectivity index (χ2n) is 7.03. The van der Waals surface area contributed by atoms with Crippen molar-refractivity contribution in [2.45, 2.75) is 11.8 Å². The average Bonchev–Trinajstić information content (AvgIpc) is 3.39. The van der Waals surface area contributed by atoms with Crippen LogP contribution in [0, 0.1) is 6.92 Å². The van der Waals surface area contributed by atoms with Crippen molar-refractivity contribution in [3.05, 3.63) is 42.6 Å². The van der Waals surface area contributed by atoms with Gasteiger partial charge in [-0.15, -0.1) is 0 Å². The summed E-state index contributed by atoms with van der Waals surface area (Å²) in [6.07, 6.45) is 6.23. The molecule has 0 fully saturated rings. The molecule has 0 aliphatic heterocycles. The van der Waals surface area contributed by atoms with Crippen molar-refractivity contribution in [1.29, 1.82) is 0 Å². The first-order valence-corrected chi connectivity index (χ1v) is 11.1. The molecule has 168 valence electrons. The van der Waals surface area contributed by atoms with Gasteiger partial charge in [0.15, 0.2) is 23.0 Å². The van der Waals surface area contributed by atoms with Crippen LogP contribution in [0.1, 0.15) is 5.69 Å². The zero-order valence-corrected chi connectivity index (χ0v) is 19.1. The third-order valence-corrected chi connectivity index (χ3v) is 6.18. The lowest BCUT2D eigenvalue weighted by molar-refractivity contribution is 0.356. The number of rotatable bonds is 7. The molecule has 11 nitrogen and oxygen atoms in total. The Morgan fingerprint density at radius 1 is 1.09 bits per heavy atom. The fourth-order valence-corrected chi connectivity index (χ4v) is 4.46. The first-order valence-electron chi connectivity index (χ1n) is 9.57. The normalized spacial score (nSPS) is 11.5. The third kappa shape index (κ3) is 3.68. The van der Waals surface area contributed by atoms with Crippen LogP contribution in [0.3, 0.4) is 0 Å². The highest BCUT2D eigenvalue weighted by atomic mass is 32.2. The van der Waals surface area contributed by atoms with Gasteiger partial charge in [0.05, 0.1) is 43.7 Å². The molecule has 12 heteroatoms. The molecular weight excluding hydrogens is 434 g/mol. The summed E-state index contributed by atoms with van der Waals surface area (Å²) >= 11 is 0. The van der Waals surface area contributed by atoms with Crippen molar-refractivity contribution in [1.82, 2.24) is 24.1 Å². The van der Waals surface area contributed by atoms with E-state index in [1.807, 2.05) is 17.5 Å². The molecule has 4 aromatic rings. The minimum Gasteiger partial charge on any atom is -0.493 e. The average molecular weight is 458 g/mol. The van der Waals surface area contributed by atoms with E-state index >= 15 is 0 Å². The van der Waals surface area contributed by atoms with Gasteiger partial charge in [-0.3, -0.25) is 13.8 Å². The molecule has 0 unspecified atom stereocenters. The van der Waals surface area contributed by atoms with E-state index in [1.165, 1.54) is 31.3 Å². The van der Waals surface area contributed by atoms with Gasteiger partial charge in [0, 0.05) is 32.1 Å². The van der Waals surface area contributed by atoms with Crippen LogP contribution in [0.5, 0.6) is 11.5 Å². The van der Waals surface area contributed by atoms with Crippen LogP contribution in [0.4, 0.5) is 11.5 Å². The molecule has 0 saturated carbocycles. The first-order chi connectivity index (χ1) is 15.3. The van der Waals surface area contributed by atoms with Gasteiger partial charge in [0.2, 0.25) is 0 Å². The summed E-state index contributed by atoms with van der Waals surface area (Å²) in [5, 5.41) is 6.98. The molecule has 0 radical (unpaired) electrons. The summed E-state index contributed by atoms with van der Waals surface area (Å²) in [4.78, 5) is 8.96. The SMILES string of the molecule is CNc1nc(C)cn2c(-c3cc(NS(=O)(=O)c4cnn(C)c4)c(OC)c(OC)c3)cnc12. The van der Waals surface area contributed by atoms with E-state index in [9.17, 15) is 8.42 Å². The monoisotopic (exact) mass is 457 g/mol. The fraction of sp³-hybridized carbons (Fsp3) is 0.250. The number of aromatic nitrogens is 5. The molecule has 0 aliphatic rings. The van der Waals surface area contributed by atoms with E-state index in [0.29, 0.717) is 22.8 Å². The van der Waals surface area contributed by atoms with E-state index in [1.54, 1.807) is 32.4 Å². The van der Waals surface area contributed by atoms with Gasteiger partial charge in [-0.25, -0.2) is 18.4 Å². The van der Waals surface area contributed by atoms with Crippen molar-refractivity contribution < 1.29 is 17.9 Å². The second kappa shape index (κ2) is 8.04. The van der Waals surface area contributed by atoms with Crippen molar-refractivity contribution in [3.63, 3.8) is 0 Å². The van der Waals surface area contributed by atoms with Gasteiger partial charge in [-0.05, 0) is 19.1 Å². The van der Waals surface area contributed by atoms with Crippen molar-refractivity contribution in [3.8, 4) is 22.8 Å². The number of fused-ring (bicyclic) bond motifs is 1.